The molecular formula is C21H30O5S. The van der Waals surface area contributed by atoms with Gasteiger partial charge in [0.15, 0.2) is 9.84 Å². The fraction of sp³-hybridized carbons (Fsp3) is 0.619. The molecule has 0 aliphatic carbocycles. The molecule has 150 valence electrons. The summed E-state index contributed by atoms with van der Waals surface area (Å²) in [6, 6.07) is 6.45. The maximum Gasteiger partial charge on any atom is 0.310 e. The highest BCUT2D eigenvalue weighted by Crippen LogP contribution is 2.21. The van der Waals surface area contributed by atoms with Gasteiger partial charge in [-0.1, -0.05) is 51.2 Å². The lowest BCUT2D eigenvalue weighted by atomic mass is 10.0. The van der Waals surface area contributed by atoms with Crippen LogP contribution in [0.15, 0.2) is 29.2 Å². The number of ether oxygens (including phenoxy) is 1. The number of hydrogen-bond acceptors (Lipinski definition) is 5. The van der Waals surface area contributed by atoms with E-state index in [1.165, 1.54) is 37.8 Å². The number of esters is 1. The first-order valence-corrected chi connectivity index (χ1v) is 11.6. The van der Waals surface area contributed by atoms with Gasteiger partial charge in [0.05, 0.1) is 23.2 Å². The summed E-state index contributed by atoms with van der Waals surface area (Å²) in [5.41, 5.74) is 0.824. The number of Topliss-reactive ketones (excluding diaryl/α,β-unsaturated/α-hetero) is 1. The second-order valence-electron chi connectivity index (χ2n) is 7.31. The van der Waals surface area contributed by atoms with E-state index in [9.17, 15) is 18.0 Å². The van der Waals surface area contributed by atoms with E-state index in [1.54, 1.807) is 12.1 Å². The average molecular weight is 395 g/mol. The zero-order valence-electron chi connectivity index (χ0n) is 16.1. The zero-order valence-corrected chi connectivity index (χ0v) is 16.9. The third kappa shape index (κ3) is 7.09. The molecule has 1 aliphatic heterocycles. The number of carbonyl (C=O) groups is 2. The zero-order chi connectivity index (χ0) is 19.7. The minimum absolute atomic E-state index is 0.189. The molecule has 2 rings (SSSR count). The fourth-order valence-corrected chi connectivity index (χ4v) is 4.86. The van der Waals surface area contributed by atoms with Crippen LogP contribution in [0, 0.1) is 5.92 Å². The van der Waals surface area contributed by atoms with Crippen molar-refractivity contribution in [1.82, 2.24) is 0 Å². The van der Waals surface area contributed by atoms with Gasteiger partial charge in [-0.3, -0.25) is 9.59 Å². The Kier molecular flexibility index (Phi) is 8.48. The molecule has 1 heterocycles. The van der Waals surface area contributed by atoms with E-state index >= 15 is 0 Å². The highest BCUT2D eigenvalue weighted by atomic mass is 32.2. The van der Waals surface area contributed by atoms with E-state index in [4.69, 9.17) is 4.74 Å². The van der Waals surface area contributed by atoms with Gasteiger partial charge in [-0.25, -0.2) is 8.42 Å². The second-order valence-corrected chi connectivity index (χ2v) is 9.35. The van der Waals surface area contributed by atoms with E-state index in [0.29, 0.717) is 25.9 Å². The molecule has 0 N–H and O–H groups in total. The van der Waals surface area contributed by atoms with E-state index in [-0.39, 0.29) is 16.4 Å². The number of ketones is 1. The molecule has 0 bridgehead atoms. The van der Waals surface area contributed by atoms with Crippen molar-refractivity contribution in [3.8, 4) is 0 Å². The molecule has 0 radical (unpaired) electrons. The van der Waals surface area contributed by atoms with E-state index in [1.807, 2.05) is 0 Å². The molecule has 0 saturated carbocycles. The molecule has 1 aliphatic rings. The summed E-state index contributed by atoms with van der Waals surface area (Å²) in [5, 5.41) is 0. The van der Waals surface area contributed by atoms with Crippen LogP contribution in [0.3, 0.4) is 0 Å². The van der Waals surface area contributed by atoms with Gasteiger partial charge in [0.1, 0.15) is 5.78 Å². The lowest BCUT2D eigenvalue weighted by molar-refractivity contribution is -0.140. The summed E-state index contributed by atoms with van der Waals surface area (Å²) >= 11 is 0. The Labute approximate surface area is 162 Å². The van der Waals surface area contributed by atoms with Crippen molar-refractivity contribution in [3.05, 3.63) is 29.8 Å². The Balaban J connectivity index is 1.80. The first-order chi connectivity index (χ1) is 12.9. The Bertz CT molecular complexity index is 721. The van der Waals surface area contributed by atoms with Crippen LogP contribution in [0.5, 0.6) is 0 Å². The third-order valence-electron chi connectivity index (χ3n) is 4.96. The van der Waals surface area contributed by atoms with Gasteiger partial charge in [0.25, 0.3) is 0 Å². The molecule has 0 spiro atoms. The van der Waals surface area contributed by atoms with Crippen molar-refractivity contribution in [2.45, 2.75) is 69.6 Å². The largest absolute Gasteiger partial charge is 0.465 e. The van der Waals surface area contributed by atoms with Gasteiger partial charge in [-0.2, -0.15) is 0 Å². The lowest BCUT2D eigenvalue weighted by Crippen LogP contribution is -2.20. The predicted octanol–water partition coefficient (Wildman–Crippen LogP) is 3.89. The molecule has 1 aromatic carbocycles. The van der Waals surface area contributed by atoms with Crippen molar-refractivity contribution in [1.29, 1.82) is 0 Å². The second kappa shape index (κ2) is 10.6. The van der Waals surface area contributed by atoms with Crippen molar-refractivity contribution in [2.75, 3.05) is 12.4 Å². The number of rotatable bonds is 12. The van der Waals surface area contributed by atoms with Crippen LogP contribution >= 0.6 is 0 Å². The predicted molar refractivity (Wildman–Crippen MR) is 104 cm³/mol. The maximum atomic E-state index is 12.4. The summed E-state index contributed by atoms with van der Waals surface area (Å²) in [7, 11) is -3.53. The molecule has 0 unspecified atom stereocenters. The summed E-state index contributed by atoms with van der Waals surface area (Å²) in [6.45, 7) is 2.47. The van der Waals surface area contributed by atoms with Gasteiger partial charge in [0, 0.05) is 12.8 Å². The van der Waals surface area contributed by atoms with Crippen molar-refractivity contribution < 1.29 is 22.7 Å². The van der Waals surface area contributed by atoms with E-state index in [2.05, 4.69) is 6.92 Å². The Hall–Kier alpha value is -1.69. The van der Waals surface area contributed by atoms with Crippen LogP contribution in [0.2, 0.25) is 0 Å². The molecule has 0 aromatic heterocycles. The number of sulfone groups is 1. The number of unbranched alkanes of at least 4 members (excludes halogenated alkanes) is 5. The van der Waals surface area contributed by atoms with Crippen molar-refractivity contribution in [3.63, 3.8) is 0 Å². The van der Waals surface area contributed by atoms with Crippen LogP contribution < -0.4 is 0 Å². The number of carbonyl (C=O) groups excluding carboxylic acids is 2. The molecule has 1 aromatic rings. The first-order valence-electron chi connectivity index (χ1n) is 9.92. The topological polar surface area (TPSA) is 77.5 Å². The average Bonchev–Trinajstić information content (AvgIpc) is 3.02. The van der Waals surface area contributed by atoms with Crippen LogP contribution in [-0.4, -0.2) is 32.5 Å². The quantitative estimate of drug-likeness (QED) is 0.397. The standard InChI is InChI=1S/C21H30O5S/c1-2-3-4-5-6-7-8-19(22)15-17-9-11-20(12-10-17)27(24,25)16-18-13-14-26-21(18)23/h9-12,18H,2-8,13-16H2,1H3/t18-/m1/s1. The molecule has 5 nitrogen and oxygen atoms in total. The van der Waals surface area contributed by atoms with Gasteiger partial charge in [0.2, 0.25) is 0 Å². The van der Waals surface area contributed by atoms with Gasteiger partial charge in [-0.15, -0.1) is 0 Å². The highest BCUT2D eigenvalue weighted by molar-refractivity contribution is 7.91. The summed E-state index contributed by atoms with van der Waals surface area (Å²) < 4.78 is 29.7. The number of hydrogen-bond donors (Lipinski definition) is 0. The van der Waals surface area contributed by atoms with Crippen LogP contribution in [0.4, 0.5) is 0 Å². The van der Waals surface area contributed by atoms with Crippen molar-refractivity contribution >= 4 is 21.6 Å². The normalized spacial score (nSPS) is 17.1. The summed E-state index contributed by atoms with van der Waals surface area (Å²) in [5.74, 6) is -1.04. The third-order valence-corrected chi connectivity index (χ3v) is 6.79. The fourth-order valence-electron chi connectivity index (χ4n) is 3.28. The molecule has 6 heteroatoms. The maximum absolute atomic E-state index is 12.4. The minimum atomic E-state index is -3.53. The summed E-state index contributed by atoms with van der Waals surface area (Å²) in [6.07, 6.45) is 8.27. The first kappa shape index (κ1) is 21.6. The van der Waals surface area contributed by atoms with E-state index in [0.717, 1.165) is 18.4 Å². The SMILES string of the molecule is CCCCCCCCC(=O)Cc1ccc(S(=O)(=O)C[C@H]2CCOC2=O)cc1. The number of benzene rings is 1. The molecule has 27 heavy (non-hydrogen) atoms. The van der Waals surface area contributed by atoms with Gasteiger partial charge < -0.3 is 4.74 Å². The summed E-state index contributed by atoms with van der Waals surface area (Å²) in [4.78, 5) is 23.8. The van der Waals surface area contributed by atoms with E-state index < -0.39 is 21.7 Å². The Morgan fingerprint density at radius 3 is 2.37 bits per heavy atom. The minimum Gasteiger partial charge on any atom is -0.465 e. The van der Waals surface area contributed by atoms with Crippen LogP contribution in [0.25, 0.3) is 0 Å². The molecule has 1 fully saturated rings. The molecule has 1 atom stereocenters. The van der Waals surface area contributed by atoms with Crippen molar-refractivity contribution in [2.24, 2.45) is 5.92 Å². The van der Waals surface area contributed by atoms with Crippen LogP contribution in [0.1, 0.15) is 63.9 Å². The molecule has 1 saturated heterocycles. The number of cyclic esters (lactones) is 1. The lowest BCUT2D eigenvalue weighted by Gasteiger charge is -2.08. The smallest absolute Gasteiger partial charge is 0.310 e. The highest BCUT2D eigenvalue weighted by Gasteiger charge is 2.32. The van der Waals surface area contributed by atoms with Gasteiger partial charge >= 0.3 is 5.97 Å². The Morgan fingerprint density at radius 1 is 1.07 bits per heavy atom. The van der Waals surface area contributed by atoms with Crippen LogP contribution in [-0.2, 0) is 30.6 Å². The molecule has 0 amide bonds. The molecular weight excluding hydrogens is 364 g/mol. The Morgan fingerprint density at radius 2 is 1.74 bits per heavy atom. The van der Waals surface area contributed by atoms with Gasteiger partial charge in [-0.05, 0) is 30.5 Å². The monoisotopic (exact) mass is 394 g/mol.